The molecule has 0 saturated carbocycles. The minimum absolute atomic E-state index is 0.194. The van der Waals surface area contributed by atoms with Crippen molar-refractivity contribution in [2.75, 3.05) is 6.61 Å². The van der Waals surface area contributed by atoms with Crippen LogP contribution in [-0.2, 0) is 43.4 Å². The number of esters is 2. The lowest BCUT2D eigenvalue weighted by molar-refractivity contribution is -0.767. The highest BCUT2D eigenvalue weighted by molar-refractivity contribution is 7.86. The predicted octanol–water partition coefficient (Wildman–Crippen LogP) is -0.552. The van der Waals surface area contributed by atoms with Crippen molar-refractivity contribution in [3.8, 4) is 0 Å². The Morgan fingerprint density at radius 2 is 1.63 bits per heavy atom. The van der Waals surface area contributed by atoms with Crippen LogP contribution in [0.25, 0.3) is 0 Å². The lowest BCUT2D eigenvalue weighted by atomic mass is 10.2. The Morgan fingerprint density at radius 1 is 1.11 bits per heavy atom. The Labute approximate surface area is 196 Å². The molecule has 4 atom stereocenters. The van der Waals surface area contributed by atoms with Crippen molar-refractivity contribution in [1.82, 2.24) is 0 Å². The second-order valence-electron chi connectivity index (χ2n) is 6.86. The van der Waals surface area contributed by atoms with E-state index in [4.69, 9.17) is 37.7 Å². The Hall–Kier alpha value is -3.15. The van der Waals surface area contributed by atoms with Crippen LogP contribution in [0.5, 0.6) is 0 Å². The number of Topliss-reactive ketones (excluding diaryl/α,β-unsaturated/α-hetero) is 1. The van der Waals surface area contributed by atoms with E-state index in [9.17, 15) is 32.3 Å². The van der Waals surface area contributed by atoms with Crippen LogP contribution >= 0.6 is 0 Å². The van der Waals surface area contributed by atoms with Gasteiger partial charge in [-0.15, -0.1) is 0 Å². The van der Waals surface area contributed by atoms with E-state index in [1.165, 1.54) is 37.6 Å². The molecule has 1 amide bonds. The van der Waals surface area contributed by atoms with Gasteiger partial charge in [0, 0.05) is 19.9 Å². The maximum absolute atomic E-state index is 11.6. The third-order valence-corrected chi connectivity index (χ3v) is 4.45. The summed E-state index contributed by atoms with van der Waals surface area (Å²) in [5, 5.41) is 0. The number of hydrogen-bond acceptors (Lipinski definition) is 11. The first-order valence-corrected chi connectivity index (χ1v) is 10.8. The smallest absolute Gasteiger partial charge is 0.485 e. The van der Waals surface area contributed by atoms with Crippen LogP contribution in [-0.4, -0.2) is 67.2 Å². The van der Waals surface area contributed by atoms with Crippen molar-refractivity contribution in [2.45, 2.75) is 51.0 Å². The first kappa shape index (κ1) is 29.9. The van der Waals surface area contributed by atoms with E-state index < -0.39 is 58.2 Å². The van der Waals surface area contributed by atoms with Gasteiger partial charge < -0.3 is 24.5 Å². The maximum Gasteiger partial charge on any atom is 0.485 e. The molecule has 0 aliphatic carbocycles. The largest absolute Gasteiger partial charge is 0.741 e. The van der Waals surface area contributed by atoms with Gasteiger partial charge in [0.25, 0.3) is 5.91 Å². The standard InChI is InChI=1S/C17H20N2O8.CHF3O3S/c1-9(20)8-24-17-14(26-11(3)22)13(25-10(2)21)16(27-17)19-6-4-5-12(7-19)15(18)23;2-1(3,4)8(5,6)7/h4-7,13-14,16-17H,8H2,1-3H3,(H-,18,23);(H,5,6,7)/t13-,14+,16-,17+;/m1./s1. The first-order valence-electron chi connectivity index (χ1n) is 9.37. The minimum Gasteiger partial charge on any atom is -0.741 e. The summed E-state index contributed by atoms with van der Waals surface area (Å²) in [6.45, 7) is 3.41. The quantitative estimate of drug-likeness (QED) is 0.206. The summed E-state index contributed by atoms with van der Waals surface area (Å²) in [5.41, 5.74) is -0.163. The van der Waals surface area contributed by atoms with E-state index >= 15 is 0 Å². The lowest BCUT2D eigenvalue weighted by Gasteiger charge is -2.21. The molecule has 1 aromatic heterocycles. The van der Waals surface area contributed by atoms with Crippen LogP contribution in [0.3, 0.4) is 0 Å². The van der Waals surface area contributed by atoms with Crippen LogP contribution < -0.4 is 10.3 Å². The first-order chi connectivity index (χ1) is 15.9. The summed E-state index contributed by atoms with van der Waals surface area (Å²) in [4.78, 5) is 45.7. The second-order valence-corrected chi connectivity index (χ2v) is 8.23. The number of primary amides is 1. The number of rotatable bonds is 7. The van der Waals surface area contributed by atoms with Gasteiger partial charge in [-0.05, 0) is 13.0 Å². The fraction of sp³-hybridized carbons (Fsp3) is 0.500. The maximum atomic E-state index is 11.6. The normalized spacial score (nSPS) is 21.9. The monoisotopic (exact) mass is 530 g/mol. The number of nitrogens with two attached hydrogens (primary N) is 1. The van der Waals surface area contributed by atoms with E-state index in [0.29, 0.717) is 0 Å². The molecule has 2 N–H and O–H groups in total. The Bertz CT molecular complexity index is 1060. The van der Waals surface area contributed by atoms with Gasteiger partial charge in [-0.2, -0.15) is 17.7 Å². The summed E-state index contributed by atoms with van der Waals surface area (Å²) in [5.74, 6) is -2.21. The fourth-order valence-corrected chi connectivity index (χ4v) is 2.61. The average Bonchev–Trinajstić information content (AvgIpc) is 3.01. The van der Waals surface area contributed by atoms with Gasteiger partial charge in [0.1, 0.15) is 12.2 Å². The van der Waals surface area contributed by atoms with Crippen LogP contribution in [0.2, 0.25) is 0 Å². The number of alkyl halides is 3. The third kappa shape index (κ3) is 9.19. The second kappa shape index (κ2) is 12.0. The number of hydrogen-bond donors (Lipinski definition) is 1. The molecule has 0 radical (unpaired) electrons. The fourth-order valence-electron chi connectivity index (χ4n) is 2.61. The van der Waals surface area contributed by atoms with E-state index in [1.807, 2.05) is 0 Å². The SMILES string of the molecule is CC(=O)CO[C@H]1O[C@@H]([n+]2cccc(C(N)=O)c2)[C@H](OC(C)=O)[C@@H]1OC(C)=O.O=S(=O)([O-])C(F)(F)F. The summed E-state index contributed by atoms with van der Waals surface area (Å²) in [6, 6.07) is 3.06. The summed E-state index contributed by atoms with van der Waals surface area (Å²) >= 11 is 0. The Balaban J connectivity index is 0.000000658. The predicted molar refractivity (Wildman–Crippen MR) is 103 cm³/mol. The Morgan fingerprint density at radius 3 is 2.06 bits per heavy atom. The van der Waals surface area contributed by atoms with Crippen LogP contribution in [0, 0.1) is 0 Å². The molecule has 0 aromatic carbocycles. The van der Waals surface area contributed by atoms with Crippen molar-refractivity contribution in [2.24, 2.45) is 5.73 Å². The van der Waals surface area contributed by atoms with Crippen molar-refractivity contribution in [1.29, 1.82) is 0 Å². The van der Waals surface area contributed by atoms with Crippen LogP contribution in [0.1, 0.15) is 37.4 Å². The van der Waals surface area contributed by atoms with Gasteiger partial charge in [-0.3, -0.25) is 23.9 Å². The summed E-state index contributed by atoms with van der Waals surface area (Å²) in [7, 11) is -6.09. The number of ketones is 1. The molecule has 196 valence electrons. The molecule has 2 rings (SSSR count). The molecular weight excluding hydrogens is 509 g/mol. The van der Waals surface area contributed by atoms with Gasteiger partial charge in [-0.1, -0.05) is 0 Å². The van der Waals surface area contributed by atoms with Crippen molar-refractivity contribution >= 4 is 33.7 Å². The zero-order chi connectivity index (χ0) is 27.1. The van der Waals surface area contributed by atoms with Crippen LogP contribution in [0.15, 0.2) is 24.5 Å². The zero-order valence-electron chi connectivity index (χ0n) is 18.4. The molecule has 1 aliphatic heterocycles. The molecule has 0 spiro atoms. The number of carbonyl (C=O) groups excluding carboxylic acids is 4. The number of nitrogens with zero attached hydrogens (tertiary/aromatic N) is 1. The molecule has 1 saturated heterocycles. The molecule has 13 nitrogen and oxygen atoms in total. The molecule has 17 heteroatoms. The highest BCUT2D eigenvalue weighted by atomic mass is 32.2. The third-order valence-electron chi connectivity index (χ3n) is 3.89. The summed E-state index contributed by atoms with van der Waals surface area (Å²) in [6.07, 6.45) is -1.35. The molecule has 2 heterocycles. The lowest BCUT2D eigenvalue weighted by Crippen LogP contribution is -2.48. The number of amides is 1. The zero-order valence-corrected chi connectivity index (χ0v) is 19.2. The Kier molecular flexibility index (Phi) is 10.2. The van der Waals surface area contributed by atoms with Gasteiger partial charge in [0.05, 0.1) is 0 Å². The molecular formula is C18H21F3N2O11S. The van der Waals surface area contributed by atoms with E-state index in [2.05, 4.69) is 0 Å². The van der Waals surface area contributed by atoms with Gasteiger partial charge in [0.2, 0.25) is 12.4 Å². The van der Waals surface area contributed by atoms with E-state index in [0.717, 1.165) is 0 Å². The number of pyridine rings is 1. The van der Waals surface area contributed by atoms with Crippen molar-refractivity contribution in [3.05, 3.63) is 30.1 Å². The topological polar surface area (TPSA) is 192 Å². The van der Waals surface area contributed by atoms with Crippen molar-refractivity contribution in [3.63, 3.8) is 0 Å². The van der Waals surface area contributed by atoms with E-state index in [-0.39, 0.29) is 18.0 Å². The average molecular weight is 530 g/mol. The highest BCUT2D eigenvalue weighted by Gasteiger charge is 2.55. The highest BCUT2D eigenvalue weighted by Crippen LogP contribution is 2.31. The minimum atomic E-state index is -6.09. The molecule has 1 aromatic rings. The number of carbonyl (C=O) groups is 4. The molecule has 35 heavy (non-hydrogen) atoms. The summed E-state index contributed by atoms with van der Waals surface area (Å²) < 4.78 is 82.0. The molecule has 1 fully saturated rings. The molecule has 0 bridgehead atoms. The molecule has 1 aliphatic rings. The van der Waals surface area contributed by atoms with Gasteiger partial charge in [0.15, 0.2) is 34.4 Å². The van der Waals surface area contributed by atoms with Gasteiger partial charge in [-0.25, -0.2) is 8.42 Å². The van der Waals surface area contributed by atoms with E-state index in [1.54, 1.807) is 12.3 Å². The number of halogens is 3. The van der Waals surface area contributed by atoms with Gasteiger partial charge >= 0.3 is 23.7 Å². The number of aromatic nitrogens is 1. The molecule has 0 unspecified atom stereocenters. The number of ether oxygens (including phenoxy) is 4. The van der Waals surface area contributed by atoms with Crippen molar-refractivity contribution < 1.29 is 68.8 Å². The van der Waals surface area contributed by atoms with Crippen LogP contribution in [0.4, 0.5) is 13.2 Å².